The van der Waals surface area contributed by atoms with Gasteiger partial charge in [0, 0.05) is 36.1 Å². The highest BCUT2D eigenvalue weighted by Gasteiger charge is 2.43. The molecule has 0 spiro atoms. The number of nitrogens with zero attached hydrogens (tertiary/aromatic N) is 3. The highest BCUT2D eigenvalue weighted by molar-refractivity contribution is 7.09. The first-order valence-corrected chi connectivity index (χ1v) is 17.2. The van der Waals surface area contributed by atoms with E-state index in [2.05, 4.69) is 62.7 Å². The van der Waals surface area contributed by atoms with Crippen LogP contribution in [0, 0.1) is 5.92 Å². The van der Waals surface area contributed by atoms with Crippen molar-refractivity contribution in [3.63, 3.8) is 0 Å². The molecule has 2 fully saturated rings. The molecule has 0 radical (unpaired) electrons. The number of nitrogens with one attached hydrogen (secondary N) is 3. The molecular weight excluding hydrogens is 572 g/mol. The molecule has 1 aliphatic carbocycles. The van der Waals surface area contributed by atoms with E-state index >= 15 is 0 Å². The summed E-state index contributed by atoms with van der Waals surface area (Å²) >= 11 is 1.61. The molecule has 1 saturated heterocycles. The average Bonchev–Trinajstić information content (AvgIpc) is 3.68. The fourth-order valence-corrected chi connectivity index (χ4v) is 7.46. The van der Waals surface area contributed by atoms with E-state index in [0.29, 0.717) is 44.3 Å². The van der Waals surface area contributed by atoms with Gasteiger partial charge in [0.15, 0.2) is 0 Å². The number of amidine groups is 1. The van der Waals surface area contributed by atoms with Crippen molar-refractivity contribution in [3.05, 3.63) is 58.3 Å². The summed E-state index contributed by atoms with van der Waals surface area (Å²) in [5.74, 6) is 0.119. The van der Waals surface area contributed by atoms with E-state index in [1.54, 1.807) is 11.3 Å². The van der Waals surface area contributed by atoms with Crippen LogP contribution in [0.3, 0.4) is 0 Å². The number of hydrogen-bond acceptors (Lipinski definition) is 8. The van der Waals surface area contributed by atoms with Gasteiger partial charge in [0.2, 0.25) is 11.8 Å². The average molecular weight is 623 g/mol. The molecule has 3 aliphatic rings. The highest BCUT2D eigenvalue weighted by Crippen LogP contribution is 2.32. The molecule has 1 saturated carbocycles. The van der Waals surface area contributed by atoms with E-state index < -0.39 is 6.04 Å². The largest absolute Gasteiger partial charge is 0.455 e. The summed E-state index contributed by atoms with van der Waals surface area (Å²) in [6.07, 6.45) is 3.92. The Kier molecular flexibility index (Phi) is 11.0. The molecule has 2 aliphatic heterocycles. The maximum absolute atomic E-state index is 14.4. The van der Waals surface area contributed by atoms with E-state index in [4.69, 9.17) is 9.73 Å². The van der Waals surface area contributed by atoms with Crippen molar-refractivity contribution < 1.29 is 14.3 Å². The molecule has 10 heteroatoms. The van der Waals surface area contributed by atoms with Crippen LogP contribution in [0.15, 0.2) is 52.8 Å². The lowest BCUT2D eigenvalue weighted by molar-refractivity contribution is -0.146. The van der Waals surface area contributed by atoms with Gasteiger partial charge in [-0.3, -0.25) is 9.59 Å². The molecule has 3 N–H and O–H groups in total. The maximum Gasteiger partial charge on any atom is 0.288 e. The van der Waals surface area contributed by atoms with Crippen LogP contribution in [0.5, 0.6) is 0 Å². The Morgan fingerprint density at radius 2 is 1.75 bits per heavy atom. The third kappa shape index (κ3) is 8.00. The first-order chi connectivity index (χ1) is 21.2. The second kappa shape index (κ2) is 14.9. The summed E-state index contributed by atoms with van der Waals surface area (Å²) in [5, 5.41) is 12.4. The number of aliphatic imine (C=N–C) groups is 1. The van der Waals surface area contributed by atoms with Gasteiger partial charge in [-0.2, -0.15) is 0 Å². The molecule has 44 heavy (non-hydrogen) atoms. The van der Waals surface area contributed by atoms with Crippen molar-refractivity contribution in [3.8, 4) is 0 Å². The van der Waals surface area contributed by atoms with Gasteiger partial charge in [0.05, 0.1) is 25.2 Å². The third-order valence-corrected chi connectivity index (χ3v) is 9.83. The normalized spacial score (nSPS) is 26.4. The van der Waals surface area contributed by atoms with E-state index in [0.717, 1.165) is 36.1 Å². The number of rotatable bonds is 10. The van der Waals surface area contributed by atoms with Gasteiger partial charge in [0.25, 0.3) is 6.02 Å². The molecule has 4 atom stereocenters. The summed E-state index contributed by atoms with van der Waals surface area (Å²) in [4.78, 5) is 38.1. The van der Waals surface area contributed by atoms with Crippen molar-refractivity contribution in [2.24, 2.45) is 10.9 Å². The number of ether oxygens (including phenoxy) is 1. The minimum absolute atomic E-state index is 0.0275. The summed E-state index contributed by atoms with van der Waals surface area (Å²) in [7, 11) is 0. The zero-order valence-corrected chi connectivity index (χ0v) is 27.7. The SMILES string of the molecule is CC(C)NC(C(=O)N1CCN(C2=N[C@@H](C)[C@H](c3ccccc3)O2)C[C@H]1C(=O)NCc1cccs1)[C@H]1CC[C@H](NC(C)C)CC1. The number of amides is 2. The monoisotopic (exact) mass is 622 g/mol. The van der Waals surface area contributed by atoms with Crippen molar-refractivity contribution in [1.29, 1.82) is 0 Å². The summed E-state index contributed by atoms with van der Waals surface area (Å²) in [6.45, 7) is 12.4. The van der Waals surface area contributed by atoms with E-state index in [1.165, 1.54) is 0 Å². The Labute approximate surface area is 266 Å². The van der Waals surface area contributed by atoms with Crippen LogP contribution in [-0.2, 0) is 20.9 Å². The van der Waals surface area contributed by atoms with Crippen molar-refractivity contribution in [2.75, 3.05) is 19.6 Å². The molecule has 5 rings (SSSR count). The van der Waals surface area contributed by atoms with Crippen LogP contribution < -0.4 is 16.0 Å². The standard InChI is InChI=1S/C34H50N6O3S/c1-22(2)36-27-15-13-25(14-16-27)30(37-23(3)4)33(42)40-18-17-39(21-29(40)32(41)35-20-28-12-9-19-44-28)34-38-24(5)31(43-34)26-10-7-6-8-11-26/h6-12,19,22-25,27,29-31,36-37H,13-18,20-21H2,1-5H3,(H,35,41)/t24-,25-,27-,29-,30?,31+/m0/s1. The molecule has 0 bridgehead atoms. The first kappa shape index (κ1) is 32.4. The van der Waals surface area contributed by atoms with Crippen LogP contribution in [-0.4, -0.2) is 83.5 Å². The highest BCUT2D eigenvalue weighted by atomic mass is 32.1. The van der Waals surface area contributed by atoms with Crippen LogP contribution in [0.4, 0.5) is 0 Å². The lowest BCUT2D eigenvalue weighted by Gasteiger charge is -2.44. The topological polar surface area (TPSA) is 98.3 Å². The molecule has 240 valence electrons. The molecule has 2 amide bonds. The Morgan fingerprint density at radius 3 is 2.41 bits per heavy atom. The van der Waals surface area contributed by atoms with Gasteiger partial charge in [-0.05, 0) is 55.5 Å². The minimum atomic E-state index is -0.649. The molecule has 1 aromatic heterocycles. The van der Waals surface area contributed by atoms with Crippen LogP contribution in [0.25, 0.3) is 0 Å². The Morgan fingerprint density at radius 1 is 1.00 bits per heavy atom. The molecule has 2 aromatic rings. The predicted octanol–water partition coefficient (Wildman–Crippen LogP) is 4.32. The Balaban J connectivity index is 1.32. The zero-order valence-electron chi connectivity index (χ0n) is 26.9. The van der Waals surface area contributed by atoms with Gasteiger partial charge < -0.3 is 30.5 Å². The van der Waals surface area contributed by atoms with Crippen LogP contribution in [0.1, 0.15) is 76.8 Å². The predicted molar refractivity (Wildman–Crippen MR) is 176 cm³/mol. The van der Waals surface area contributed by atoms with Gasteiger partial charge in [0.1, 0.15) is 12.1 Å². The maximum atomic E-state index is 14.4. The van der Waals surface area contributed by atoms with Crippen LogP contribution in [0.2, 0.25) is 0 Å². The minimum Gasteiger partial charge on any atom is -0.455 e. The summed E-state index contributed by atoms with van der Waals surface area (Å²) in [5.41, 5.74) is 1.08. The summed E-state index contributed by atoms with van der Waals surface area (Å²) in [6, 6.07) is 14.8. The van der Waals surface area contributed by atoms with Crippen molar-refractivity contribution >= 4 is 29.2 Å². The fraction of sp³-hybridized carbons (Fsp3) is 0.618. The quantitative estimate of drug-likeness (QED) is 0.365. The Bertz CT molecular complexity index is 1240. The first-order valence-electron chi connectivity index (χ1n) is 16.4. The van der Waals surface area contributed by atoms with E-state index in [9.17, 15) is 9.59 Å². The fourth-order valence-electron chi connectivity index (χ4n) is 6.82. The summed E-state index contributed by atoms with van der Waals surface area (Å²) < 4.78 is 6.40. The molecular formula is C34H50N6O3S. The molecule has 3 heterocycles. The lowest BCUT2D eigenvalue weighted by Crippen LogP contribution is -2.65. The van der Waals surface area contributed by atoms with Crippen LogP contribution >= 0.6 is 11.3 Å². The Hall–Kier alpha value is -2.95. The number of benzene rings is 1. The van der Waals surface area contributed by atoms with Crippen molar-refractivity contribution in [1.82, 2.24) is 25.8 Å². The third-order valence-electron chi connectivity index (χ3n) is 8.96. The van der Waals surface area contributed by atoms with Gasteiger partial charge in [-0.25, -0.2) is 4.99 Å². The van der Waals surface area contributed by atoms with E-state index in [-0.39, 0.29) is 42.0 Å². The number of carbonyl (C=O) groups is 2. The second-order valence-corrected chi connectivity index (χ2v) is 14.2. The second-order valence-electron chi connectivity index (χ2n) is 13.1. The zero-order chi connectivity index (χ0) is 31.2. The number of piperazine rings is 1. The van der Waals surface area contributed by atoms with E-state index in [1.807, 2.05) is 45.5 Å². The van der Waals surface area contributed by atoms with Gasteiger partial charge in [-0.1, -0.05) is 64.1 Å². The smallest absolute Gasteiger partial charge is 0.288 e. The van der Waals surface area contributed by atoms with Gasteiger partial charge in [-0.15, -0.1) is 11.3 Å². The number of hydrogen-bond donors (Lipinski definition) is 3. The molecule has 9 nitrogen and oxygen atoms in total. The van der Waals surface area contributed by atoms with Gasteiger partial charge >= 0.3 is 0 Å². The lowest BCUT2D eigenvalue weighted by atomic mass is 9.80. The molecule has 1 unspecified atom stereocenters. The number of thiophene rings is 1. The number of carbonyl (C=O) groups excluding carboxylic acids is 2. The van der Waals surface area contributed by atoms with Crippen molar-refractivity contribution in [2.45, 2.75) is 109 Å². The molecule has 1 aromatic carbocycles.